The molecule has 0 N–H and O–H groups in total. The summed E-state index contributed by atoms with van der Waals surface area (Å²) in [5, 5.41) is 0. The topological polar surface area (TPSA) is 53.1 Å². The first-order valence-corrected chi connectivity index (χ1v) is 11.7. The molecule has 0 unspecified atom stereocenters. The number of aryl methyl sites for hydroxylation is 2. The third-order valence-corrected chi connectivity index (χ3v) is 6.32. The van der Waals surface area contributed by atoms with Crippen molar-refractivity contribution in [3.8, 4) is 5.75 Å². The van der Waals surface area contributed by atoms with Crippen LogP contribution in [-0.4, -0.2) is 60.4 Å². The van der Waals surface area contributed by atoms with Crippen molar-refractivity contribution in [3.63, 3.8) is 0 Å². The molecule has 1 saturated heterocycles. The summed E-state index contributed by atoms with van der Waals surface area (Å²) >= 11 is 0. The molecule has 2 amide bonds. The molecule has 6 heteroatoms. The van der Waals surface area contributed by atoms with Gasteiger partial charge >= 0.3 is 0 Å². The number of likely N-dealkylation sites (N-methyl/N-ethyl adjacent to an activating group) is 1. The lowest BCUT2D eigenvalue weighted by Gasteiger charge is -2.36. The van der Waals surface area contributed by atoms with Gasteiger partial charge in [0.2, 0.25) is 0 Å². The molecule has 0 spiro atoms. The Bertz CT molecular complexity index is 1080. The normalized spacial score (nSPS) is 17.5. The van der Waals surface area contributed by atoms with Crippen molar-refractivity contribution < 1.29 is 14.3 Å². The summed E-state index contributed by atoms with van der Waals surface area (Å²) in [5.74, 6) is 0.242. The summed E-state index contributed by atoms with van der Waals surface area (Å²) < 4.78 is 5.77. The van der Waals surface area contributed by atoms with E-state index in [-0.39, 0.29) is 17.9 Å². The molecule has 2 aliphatic heterocycles. The number of carbonyl (C=O) groups is 2. The summed E-state index contributed by atoms with van der Waals surface area (Å²) in [7, 11) is 0. The summed E-state index contributed by atoms with van der Waals surface area (Å²) in [4.78, 5) is 33.4. The van der Waals surface area contributed by atoms with Crippen LogP contribution < -0.4 is 9.64 Å². The minimum Gasteiger partial charge on any atom is -0.491 e. The fraction of sp³-hybridized carbons (Fsp3) is 0.407. The number of amides is 2. The second-order valence-electron chi connectivity index (χ2n) is 9.07. The van der Waals surface area contributed by atoms with E-state index < -0.39 is 0 Å². The Morgan fingerprint density at radius 3 is 2.18 bits per heavy atom. The van der Waals surface area contributed by atoms with Gasteiger partial charge in [-0.15, -0.1) is 0 Å². The van der Waals surface area contributed by atoms with Gasteiger partial charge in [0.1, 0.15) is 11.4 Å². The average molecular weight is 448 g/mol. The third-order valence-electron chi connectivity index (χ3n) is 6.32. The van der Waals surface area contributed by atoms with Gasteiger partial charge in [0.05, 0.1) is 17.4 Å². The van der Waals surface area contributed by atoms with Crippen LogP contribution in [0, 0.1) is 13.8 Å². The summed E-state index contributed by atoms with van der Waals surface area (Å²) in [6, 6.07) is 13.4. The molecule has 1 fully saturated rings. The molecule has 4 rings (SSSR count). The van der Waals surface area contributed by atoms with Crippen LogP contribution in [0.5, 0.6) is 5.75 Å². The standard InChI is InChI=1S/C27H33N3O3/c1-6-28-13-15-29(16-14-28)25-24(21-9-11-22(12-10-21)33-18(2)3)26(31)30(27(25)32)23-17-19(4)7-8-20(23)5/h7-12,17-18H,6,13-16H2,1-5H3. The predicted molar refractivity (Wildman–Crippen MR) is 131 cm³/mol. The van der Waals surface area contributed by atoms with Crippen LogP contribution in [0.3, 0.4) is 0 Å². The Morgan fingerprint density at radius 2 is 1.58 bits per heavy atom. The van der Waals surface area contributed by atoms with Gasteiger partial charge < -0.3 is 14.5 Å². The molecule has 0 bridgehead atoms. The Balaban J connectivity index is 1.77. The van der Waals surface area contributed by atoms with Crippen molar-refractivity contribution in [1.82, 2.24) is 9.80 Å². The lowest BCUT2D eigenvalue weighted by atomic mass is 10.0. The van der Waals surface area contributed by atoms with Crippen molar-refractivity contribution in [1.29, 1.82) is 0 Å². The molecular weight excluding hydrogens is 414 g/mol. The number of nitrogens with zero attached hydrogens (tertiary/aromatic N) is 3. The monoisotopic (exact) mass is 447 g/mol. The van der Waals surface area contributed by atoms with Crippen molar-refractivity contribution in [2.75, 3.05) is 37.6 Å². The van der Waals surface area contributed by atoms with Gasteiger partial charge in [-0.05, 0) is 69.1 Å². The zero-order valence-corrected chi connectivity index (χ0v) is 20.2. The minimum atomic E-state index is -0.265. The van der Waals surface area contributed by atoms with E-state index >= 15 is 0 Å². The molecule has 0 aromatic heterocycles. The van der Waals surface area contributed by atoms with Gasteiger partial charge in [-0.2, -0.15) is 0 Å². The van der Waals surface area contributed by atoms with Crippen LogP contribution in [0.15, 0.2) is 48.2 Å². The first-order valence-electron chi connectivity index (χ1n) is 11.7. The first kappa shape index (κ1) is 23.1. The Kier molecular flexibility index (Phi) is 6.56. The highest BCUT2D eigenvalue weighted by Gasteiger charge is 2.43. The number of carbonyl (C=O) groups excluding carboxylic acids is 2. The number of benzene rings is 2. The molecule has 0 atom stereocenters. The maximum Gasteiger partial charge on any atom is 0.282 e. The van der Waals surface area contributed by atoms with E-state index in [4.69, 9.17) is 4.74 Å². The van der Waals surface area contributed by atoms with Crippen LogP contribution in [-0.2, 0) is 9.59 Å². The highest BCUT2D eigenvalue weighted by molar-refractivity contribution is 6.45. The highest BCUT2D eigenvalue weighted by atomic mass is 16.5. The van der Waals surface area contributed by atoms with Gasteiger partial charge in [-0.3, -0.25) is 9.59 Å². The van der Waals surface area contributed by atoms with Gasteiger partial charge in [-0.1, -0.05) is 31.2 Å². The number of ether oxygens (including phenoxy) is 1. The van der Waals surface area contributed by atoms with Crippen LogP contribution in [0.4, 0.5) is 5.69 Å². The lowest BCUT2D eigenvalue weighted by molar-refractivity contribution is -0.120. The van der Waals surface area contributed by atoms with E-state index in [1.807, 2.05) is 70.2 Å². The molecule has 33 heavy (non-hydrogen) atoms. The third kappa shape index (κ3) is 4.53. The number of hydrogen-bond donors (Lipinski definition) is 0. The molecule has 6 nitrogen and oxygen atoms in total. The van der Waals surface area contributed by atoms with Crippen LogP contribution >= 0.6 is 0 Å². The van der Waals surface area contributed by atoms with Crippen molar-refractivity contribution in [2.24, 2.45) is 0 Å². The molecule has 2 aliphatic rings. The van der Waals surface area contributed by atoms with Crippen molar-refractivity contribution >= 4 is 23.1 Å². The Hall–Kier alpha value is -3.12. The molecule has 2 aromatic carbocycles. The largest absolute Gasteiger partial charge is 0.491 e. The fourth-order valence-corrected chi connectivity index (χ4v) is 4.51. The second kappa shape index (κ2) is 9.40. The zero-order chi connectivity index (χ0) is 23.7. The molecule has 0 aliphatic carbocycles. The van der Waals surface area contributed by atoms with Gasteiger partial charge in [0.25, 0.3) is 11.8 Å². The quantitative estimate of drug-likeness (QED) is 0.627. The second-order valence-corrected chi connectivity index (χ2v) is 9.07. The smallest absolute Gasteiger partial charge is 0.282 e. The summed E-state index contributed by atoms with van der Waals surface area (Å²) in [6.07, 6.45) is 0.0648. The van der Waals surface area contributed by atoms with E-state index in [1.54, 1.807) is 0 Å². The van der Waals surface area contributed by atoms with Crippen LogP contribution in [0.25, 0.3) is 5.57 Å². The number of hydrogen-bond acceptors (Lipinski definition) is 5. The fourth-order valence-electron chi connectivity index (χ4n) is 4.51. The number of rotatable bonds is 6. The molecular formula is C27H33N3O3. The van der Waals surface area contributed by atoms with E-state index in [9.17, 15) is 9.59 Å². The first-order chi connectivity index (χ1) is 15.8. The molecule has 0 radical (unpaired) electrons. The summed E-state index contributed by atoms with van der Waals surface area (Å²) in [6.45, 7) is 14.2. The van der Waals surface area contributed by atoms with Crippen LogP contribution in [0.1, 0.15) is 37.5 Å². The van der Waals surface area contributed by atoms with E-state index in [0.717, 1.165) is 55.2 Å². The Morgan fingerprint density at radius 1 is 0.909 bits per heavy atom. The maximum absolute atomic E-state index is 13.8. The molecule has 174 valence electrons. The summed E-state index contributed by atoms with van der Waals surface area (Å²) in [5.41, 5.74) is 4.29. The average Bonchev–Trinajstić information content (AvgIpc) is 3.05. The SMILES string of the molecule is CCN1CCN(C2=C(c3ccc(OC(C)C)cc3)C(=O)N(c3cc(C)ccc3C)C2=O)CC1. The number of imide groups is 1. The number of anilines is 1. The molecule has 2 heterocycles. The zero-order valence-electron chi connectivity index (χ0n) is 20.2. The van der Waals surface area contributed by atoms with Crippen molar-refractivity contribution in [3.05, 3.63) is 64.9 Å². The van der Waals surface area contributed by atoms with Gasteiger partial charge in [-0.25, -0.2) is 4.90 Å². The van der Waals surface area contributed by atoms with Gasteiger partial charge in [0, 0.05) is 26.2 Å². The van der Waals surface area contributed by atoms with E-state index in [2.05, 4.69) is 16.7 Å². The number of piperazine rings is 1. The molecule has 0 saturated carbocycles. The van der Waals surface area contributed by atoms with E-state index in [0.29, 0.717) is 17.0 Å². The van der Waals surface area contributed by atoms with Crippen molar-refractivity contribution in [2.45, 2.75) is 40.7 Å². The lowest BCUT2D eigenvalue weighted by Crippen LogP contribution is -2.47. The highest BCUT2D eigenvalue weighted by Crippen LogP contribution is 2.37. The van der Waals surface area contributed by atoms with Crippen LogP contribution in [0.2, 0.25) is 0 Å². The van der Waals surface area contributed by atoms with E-state index in [1.165, 1.54) is 4.90 Å². The Labute approximate surface area is 196 Å². The predicted octanol–water partition coefficient (Wildman–Crippen LogP) is 4.01. The van der Waals surface area contributed by atoms with Gasteiger partial charge in [0.15, 0.2) is 0 Å². The minimum absolute atomic E-state index is 0.0648. The molecule has 2 aromatic rings. The maximum atomic E-state index is 13.8.